The Morgan fingerprint density at radius 3 is 2.60 bits per heavy atom. The molecule has 0 fully saturated rings. The first-order valence-electron chi connectivity index (χ1n) is 6.40. The molecule has 1 heterocycles. The van der Waals surface area contributed by atoms with Gasteiger partial charge in [-0.05, 0) is 42.3 Å². The van der Waals surface area contributed by atoms with Crippen molar-refractivity contribution in [2.24, 2.45) is 0 Å². The van der Waals surface area contributed by atoms with Gasteiger partial charge in [0.1, 0.15) is 17.8 Å². The zero-order valence-electron chi connectivity index (χ0n) is 11.2. The summed E-state index contributed by atoms with van der Waals surface area (Å²) in [5, 5.41) is 10.2. The van der Waals surface area contributed by atoms with Crippen LogP contribution in [0, 0.1) is 11.3 Å². The molecule has 4 heteroatoms. The molecule has 0 aliphatic rings. The molecule has 0 radical (unpaired) electrons. The van der Waals surface area contributed by atoms with Crippen LogP contribution in [-0.4, -0.2) is 11.6 Å². The fourth-order valence-corrected chi connectivity index (χ4v) is 2.07. The highest BCUT2D eigenvalue weighted by Gasteiger charge is 2.31. The second kappa shape index (κ2) is 6.40. The van der Waals surface area contributed by atoms with Gasteiger partial charge >= 0.3 is 0 Å². The minimum atomic E-state index is -0.687. The van der Waals surface area contributed by atoms with E-state index in [0.29, 0.717) is 17.2 Å². The lowest BCUT2D eigenvalue weighted by molar-refractivity contribution is 0.247. The van der Waals surface area contributed by atoms with E-state index in [4.69, 9.17) is 16.3 Å². The Balaban J connectivity index is 2.18. The van der Waals surface area contributed by atoms with Crippen molar-refractivity contribution in [2.75, 3.05) is 6.61 Å². The number of nitriles is 1. The number of hydrogen-bond acceptors (Lipinski definition) is 3. The van der Waals surface area contributed by atoms with Crippen LogP contribution in [0.5, 0.6) is 5.75 Å². The number of rotatable bonds is 5. The Bertz CT molecular complexity index is 592. The third kappa shape index (κ3) is 3.09. The number of hydrogen-bond donors (Lipinski definition) is 0. The first kappa shape index (κ1) is 14.4. The normalized spacial score (nSPS) is 13.2. The molecule has 1 unspecified atom stereocenters. The summed E-state index contributed by atoms with van der Waals surface area (Å²) < 4.78 is 5.75. The van der Waals surface area contributed by atoms with Gasteiger partial charge < -0.3 is 4.74 Å². The highest BCUT2D eigenvalue weighted by atomic mass is 35.5. The summed E-state index contributed by atoms with van der Waals surface area (Å²) in [4.78, 5) is 4.09. The molecule has 0 saturated carbocycles. The maximum atomic E-state index is 9.57. The average molecular weight is 287 g/mol. The molecule has 0 saturated heterocycles. The fourth-order valence-electron chi connectivity index (χ4n) is 1.95. The van der Waals surface area contributed by atoms with Crippen molar-refractivity contribution in [3.63, 3.8) is 0 Å². The zero-order valence-corrected chi connectivity index (χ0v) is 12.0. The first-order valence-corrected chi connectivity index (χ1v) is 6.78. The summed E-state index contributed by atoms with van der Waals surface area (Å²) in [5.41, 5.74) is 0.187. The van der Waals surface area contributed by atoms with Gasteiger partial charge in [0.15, 0.2) is 0 Å². The predicted octanol–water partition coefficient (Wildman–Crippen LogP) is 3.99. The molecule has 2 aromatic rings. The minimum Gasteiger partial charge on any atom is -0.492 e. The van der Waals surface area contributed by atoms with Crippen LogP contribution in [0.15, 0.2) is 48.8 Å². The van der Waals surface area contributed by atoms with Gasteiger partial charge in [-0.3, -0.25) is 4.98 Å². The van der Waals surface area contributed by atoms with E-state index < -0.39 is 5.41 Å². The van der Waals surface area contributed by atoms with E-state index in [1.54, 1.807) is 36.7 Å². The van der Waals surface area contributed by atoms with Crippen LogP contribution < -0.4 is 4.74 Å². The van der Waals surface area contributed by atoms with Crippen LogP contribution in [0.2, 0.25) is 5.02 Å². The highest BCUT2D eigenvalue weighted by molar-refractivity contribution is 6.30. The van der Waals surface area contributed by atoms with Crippen molar-refractivity contribution in [1.82, 2.24) is 4.98 Å². The molecular formula is C16H15ClN2O. The maximum absolute atomic E-state index is 9.57. The van der Waals surface area contributed by atoms with Gasteiger partial charge in [-0.25, -0.2) is 0 Å². The van der Waals surface area contributed by atoms with E-state index in [-0.39, 0.29) is 6.61 Å². The lowest BCUT2D eigenvalue weighted by Crippen LogP contribution is -2.31. The number of benzene rings is 1. The molecule has 2 rings (SSSR count). The summed E-state index contributed by atoms with van der Waals surface area (Å²) in [6.45, 7) is 2.26. The molecule has 1 atom stereocenters. The molecule has 102 valence electrons. The molecule has 0 spiro atoms. The number of pyridine rings is 1. The number of aromatic nitrogens is 1. The van der Waals surface area contributed by atoms with Crippen LogP contribution in [0.25, 0.3) is 0 Å². The van der Waals surface area contributed by atoms with Crippen molar-refractivity contribution in [2.45, 2.75) is 18.8 Å². The Kier molecular flexibility index (Phi) is 4.60. The smallest absolute Gasteiger partial charge is 0.119 e. The average Bonchev–Trinajstić information content (AvgIpc) is 2.51. The fraction of sp³-hybridized carbons (Fsp3) is 0.250. The Hall–Kier alpha value is -2.05. The molecular weight excluding hydrogens is 272 g/mol. The topological polar surface area (TPSA) is 45.9 Å². The van der Waals surface area contributed by atoms with Crippen molar-refractivity contribution in [3.05, 3.63) is 59.4 Å². The monoisotopic (exact) mass is 286 g/mol. The highest BCUT2D eigenvalue weighted by Crippen LogP contribution is 2.28. The lowest BCUT2D eigenvalue weighted by Gasteiger charge is -2.25. The number of ether oxygens (including phenoxy) is 1. The number of halogens is 1. The van der Waals surface area contributed by atoms with Crippen molar-refractivity contribution in [3.8, 4) is 11.8 Å². The minimum absolute atomic E-state index is 0.285. The second-order valence-electron chi connectivity index (χ2n) is 4.53. The molecule has 0 amide bonds. The Morgan fingerprint density at radius 1 is 1.30 bits per heavy atom. The maximum Gasteiger partial charge on any atom is 0.119 e. The van der Waals surface area contributed by atoms with Gasteiger partial charge in [-0.15, -0.1) is 0 Å². The van der Waals surface area contributed by atoms with E-state index in [2.05, 4.69) is 11.1 Å². The predicted molar refractivity (Wildman–Crippen MR) is 78.8 cm³/mol. The summed E-state index contributed by atoms with van der Waals surface area (Å²) in [6, 6.07) is 13.2. The Morgan fingerprint density at radius 2 is 2.05 bits per heavy atom. The molecule has 0 aliphatic heterocycles. The van der Waals surface area contributed by atoms with E-state index in [9.17, 15) is 5.26 Å². The Labute approximate surface area is 123 Å². The summed E-state index contributed by atoms with van der Waals surface area (Å²) in [5.74, 6) is 0.700. The first-order chi connectivity index (χ1) is 9.70. The standard InChI is InChI=1S/C16H15ClN2O/c1-2-16(11-18,13-4-3-9-19-10-13)12-20-15-7-5-14(17)6-8-15/h3-10H,2,12H2,1H3. The molecule has 0 aliphatic carbocycles. The van der Waals surface area contributed by atoms with E-state index >= 15 is 0 Å². The van der Waals surface area contributed by atoms with E-state index in [0.717, 1.165) is 5.56 Å². The van der Waals surface area contributed by atoms with Gasteiger partial charge in [0.25, 0.3) is 0 Å². The van der Waals surface area contributed by atoms with Crippen molar-refractivity contribution >= 4 is 11.6 Å². The van der Waals surface area contributed by atoms with Gasteiger partial charge in [-0.1, -0.05) is 24.6 Å². The molecule has 20 heavy (non-hydrogen) atoms. The quantitative estimate of drug-likeness (QED) is 0.835. The van der Waals surface area contributed by atoms with Crippen LogP contribution >= 0.6 is 11.6 Å². The largest absolute Gasteiger partial charge is 0.492 e. The third-order valence-electron chi connectivity index (χ3n) is 3.33. The van der Waals surface area contributed by atoms with Crippen LogP contribution in [0.4, 0.5) is 0 Å². The van der Waals surface area contributed by atoms with Crippen LogP contribution in [0.1, 0.15) is 18.9 Å². The second-order valence-corrected chi connectivity index (χ2v) is 4.97. The summed E-state index contributed by atoms with van der Waals surface area (Å²) in [6.07, 6.45) is 4.07. The van der Waals surface area contributed by atoms with Crippen molar-refractivity contribution < 1.29 is 4.74 Å². The van der Waals surface area contributed by atoms with Crippen LogP contribution in [0.3, 0.4) is 0 Å². The third-order valence-corrected chi connectivity index (χ3v) is 3.58. The number of nitrogens with zero attached hydrogens (tertiary/aromatic N) is 2. The zero-order chi connectivity index (χ0) is 14.4. The van der Waals surface area contributed by atoms with E-state index in [1.807, 2.05) is 19.1 Å². The van der Waals surface area contributed by atoms with Gasteiger partial charge in [0.05, 0.1) is 6.07 Å². The summed E-state index contributed by atoms with van der Waals surface area (Å²) in [7, 11) is 0. The SMILES string of the molecule is CCC(C#N)(COc1ccc(Cl)cc1)c1cccnc1. The molecule has 3 nitrogen and oxygen atoms in total. The molecule has 0 bridgehead atoms. The molecule has 1 aromatic heterocycles. The van der Waals surface area contributed by atoms with Gasteiger partial charge in [0, 0.05) is 17.4 Å². The molecule has 1 aromatic carbocycles. The lowest BCUT2D eigenvalue weighted by atomic mass is 9.81. The van der Waals surface area contributed by atoms with E-state index in [1.165, 1.54) is 0 Å². The van der Waals surface area contributed by atoms with Gasteiger partial charge in [-0.2, -0.15) is 5.26 Å². The van der Waals surface area contributed by atoms with Crippen LogP contribution in [-0.2, 0) is 5.41 Å². The van der Waals surface area contributed by atoms with Crippen molar-refractivity contribution in [1.29, 1.82) is 5.26 Å². The molecule has 0 N–H and O–H groups in total. The van der Waals surface area contributed by atoms with Gasteiger partial charge in [0.2, 0.25) is 0 Å². The summed E-state index contributed by atoms with van der Waals surface area (Å²) >= 11 is 5.84.